The molecular weight excluding hydrogens is 311 g/mol. The van der Waals surface area contributed by atoms with Crippen molar-refractivity contribution >= 4 is 22.6 Å². The summed E-state index contributed by atoms with van der Waals surface area (Å²) in [5.74, 6) is -3.00. The van der Waals surface area contributed by atoms with E-state index in [1.165, 1.54) is 22.6 Å². The third kappa shape index (κ3) is 1.88. The summed E-state index contributed by atoms with van der Waals surface area (Å²) in [5, 5.41) is 54.7. The van der Waals surface area contributed by atoms with Crippen molar-refractivity contribution in [2.75, 3.05) is 6.61 Å². The summed E-state index contributed by atoms with van der Waals surface area (Å²) in [6, 6.07) is 0. The number of rotatable bonds is 1. The Labute approximate surface area is 92.7 Å². The van der Waals surface area contributed by atoms with Gasteiger partial charge in [0.15, 0.2) is 9.71 Å². The van der Waals surface area contributed by atoms with Crippen molar-refractivity contribution in [2.45, 2.75) is 27.9 Å². The average Bonchev–Trinajstić information content (AvgIpc) is 2.11. The molecule has 0 bridgehead atoms. The first-order chi connectivity index (χ1) is 6.24. The third-order valence-electron chi connectivity index (χ3n) is 2.01. The van der Waals surface area contributed by atoms with E-state index in [0.29, 0.717) is 0 Å². The molecule has 0 aliphatic carbocycles. The minimum absolute atomic E-state index is 0.749. The molecule has 6 N–H and O–H groups in total. The highest BCUT2D eigenvalue weighted by molar-refractivity contribution is 14.1. The molecule has 0 aromatic rings. The Morgan fingerprint density at radius 1 is 1.14 bits per heavy atom. The fourth-order valence-electron chi connectivity index (χ4n) is 1.15. The predicted molar refractivity (Wildman–Crippen MR) is 50.1 cm³/mol. The zero-order valence-electron chi connectivity index (χ0n) is 6.91. The maximum atomic E-state index is 9.37. The number of hydrogen-bond acceptors (Lipinski definition) is 7. The molecule has 0 unspecified atom stereocenters. The minimum atomic E-state index is -3.00. The highest BCUT2D eigenvalue weighted by Gasteiger charge is 2.58. The van der Waals surface area contributed by atoms with Gasteiger partial charge in [-0.05, 0) is 22.6 Å². The molecule has 0 saturated carbocycles. The van der Waals surface area contributed by atoms with Gasteiger partial charge in [0.05, 0.1) is 6.61 Å². The summed E-state index contributed by atoms with van der Waals surface area (Å²) in [5.41, 5.74) is 0. The highest BCUT2D eigenvalue weighted by atomic mass is 127. The molecule has 0 amide bonds. The van der Waals surface area contributed by atoms with Crippen LogP contribution in [0, 0.1) is 0 Å². The number of alkyl halides is 1. The van der Waals surface area contributed by atoms with E-state index in [1.54, 1.807) is 0 Å². The third-order valence-corrected chi connectivity index (χ3v) is 3.21. The number of aliphatic hydroxyl groups excluding tert-OH is 4. The Bertz CT molecular complexity index is 222. The molecular formula is C6H11IO7. The monoisotopic (exact) mass is 322 g/mol. The summed E-state index contributed by atoms with van der Waals surface area (Å²) in [7, 11) is 0. The predicted octanol–water partition coefficient (Wildman–Crippen LogP) is -3.14. The molecule has 1 heterocycles. The van der Waals surface area contributed by atoms with E-state index in [-0.39, 0.29) is 0 Å². The summed E-state index contributed by atoms with van der Waals surface area (Å²) in [4.78, 5) is 0. The molecule has 4 atom stereocenters. The van der Waals surface area contributed by atoms with Gasteiger partial charge in [-0.25, -0.2) is 0 Å². The van der Waals surface area contributed by atoms with Crippen molar-refractivity contribution in [3.8, 4) is 0 Å². The van der Waals surface area contributed by atoms with E-state index in [2.05, 4.69) is 4.74 Å². The quantitative estimate of drug-likeness (QED) is 0.171. The van der Waals surface area contributed by atoms with Crippen molar-refractivity contribution in [3.63, 3.8) is 0 Å². The molecule has 1 fully saturated rings. The van der Waals surface area contributed by atoms with Gasteiger partial charge < -0.3 is 35.4 Å². The first-order valence-electron chi connectivity index (χ1n) is 3.73. The van der Waals surface area contributed by atoms with Crippen molar-refractivity contribution in [2.24, 2.45) is 0 Å². The molecule has 0 aromatic carbocycles. The van der Waals surface area contributed by atoms with E-state index in [4.69, 9.17) is 20.4 Å². The van der Waals surface area contributed by atoms with Crippen LogP contribution < -0.4 is 0 Å². The van der Waals surface area contributed by atoms with Gasteiger partial charge in [0.2, 0.25) is 0 Å². The summed E-state index contributed by atoms with van der Waals surface area (Å²) in [6.07, 6.45) is -5.51. The SMILES string of the molecule is OC[C@]1(I)OC(O)(O)[C@H](O)[C@H](O)[C@@H]1O. The second-order valence-corrected chi connectivity index (χ2v) is 4.91. The Hall–Kier alpha value is 0.450. The van der Waals surface area contributed by atoms with E-state index in [1.807, 2.05) is 0 Å². The zero-order chi connectivity index (χ0) is 11.1. The van der Waals surface area contributed by atoms with Crippen molar-refractivity contribution in [1.82, 2.24) is 0 Å². The van der Waals surface area contributed by atoms with Crippen LogP contribution in [0.3, 0.4) is 0 Å². The van der Waals surface area contributed by atoms with Crippen molar-refractivity contribution in [1.29, 1.82) is 0 Å². The molecule has 0 radical (unpaired) electrons. The van der Waals surface area contributed by atoms with Crippen LogP contribution in [-0.2, 0) is 4.74 Å². The minimum Gasteiger partial charge on any atom is -0.392 e. The number of hydrogen-bond donors (Lipinski definition) is 6. The summed E-state index contributed by atoms with van der Waals surface area (Å²) >= 11 is 1.42. The number of aliphatic hydroxyl groups is 6. The molecule has 1 aliphatic rings. The summed E-state index contributed by atoms with van der Waals surface area (Å²) in [6.45, 7) is -0.749. The van der Waals surface area contributed by atoms with Gasteiger partial charge in [-0.1, -0.05) is 0 Å². The lowest BCUT2D eigenvalue weighted by Gasteiger charge is -2.46. The Morgan fingerprint density at radius 3 is 2.07 bits per heavy atom. The number of ether oxygens (including phenoxy) is 1. The van der Waals surface area contributed by atoms with Gasteiger partial charge in [0, 0.05) is 0 Å². The molecule has 1 rings (SSSR count). The van der Waals surface area contributed by atoms with Gasteiger partial charge in [0.1, 0.15) is 12.2 Å². The van der Waals surface area contributed by atoms with Crippen LogP contribution in [0.15, 0.2) is 0 Å². The molecule has 8 heteroatoms. The van der Waals surface area contributed by atoms with Gasteiger partial charge >= 0.3 is 5.97 Å². The molecule has 84 valence electrons. The second kappa shape index (κ2) is 3.79. The van der Waals surface area contributed by atoms with Crippen LogP contribution >= 0.6 is 22.6 Å². The highest BCUT2D eigenvalue weighted by Crippen LogP contribution is 2.37. The summed E-state index contributed by atoms with van der Waals surface area (Å²) < 4.78 is 2.73. The fraction of sp³-hybridized carbons (Fsp3) is 1.00. The fourth-order valence-corrected chi connectivity index (χ4v) is 1.84. The largest absolute Gasteiger partial charge is 0.392 e. The van der Waals surface area contributed by atoms with E-state index in [0.717, 1.165) is 0 Å². The molecule has 7 nitrogen and oxygen atoms in total. The Kier molecular flexibility index (Phi) is 3.39. The van der Waals surface area contributed by atoms with Gasteiger partial charge in [0.25, 0.3) is 0 Å². The normalized spacial score (nSPS) is 47.8. The van der Waals surface area contributed by atoms with Crippen LogP contribution in [-0.4, -0.2) is 65.1 Å². The Balaban J connectivity index is 2.96. The van der Waals surface area contributed by atoms with Gasteiger partial charge in [-0.3, -0.25) is 0 Å². The topological polar surface area (TPSA) is 131 Å². The van der Waals surface area contributed by atoms with E-state index in [9.17, 15) is 10.2 Å². The zero-order valence-corrected chi connectivity index (χ0v) is 9.07. The van der Waals surface area contributed by atoms with E-state index >= 15 is 0 Å². The number of halogens is 1. The molecule has 14 heavy (non-hydrogen) atoms. The van der Waals surface area contributed by atoms with Crippen LogP contribution in [0.5, 0.6) is 0 Å². The first-order valence-corrected chi connectivity index (χ1v) is 4.81. The van der Waals surface area contributed by atoms with Gasteiger partial charge in [-0.2, -0.15) is 0 Å². The van der Waals surface area contributed by atoms with Crippen LogP contribution in [0.1, 0.15) is 0 Å². The van der Waals surface area contributed by atoms with Crippen LogP contribution in [0.2, 0.25) is 0 Å². The molecule has 0 aromatic heterocycles. The Morgan fingerprint density at radius 2 is 1.64 bits per heavy atom. The van der Waals surface area contributed by atoms with Crippen LogP contribution in [0.25, 0.3) is 0 Å². The lowest BCUT2D eigenvalue weighted by molar-refractivity contribution is -0.438. The maximum absolute atomic E-state index is 9.37. The van der Waals surface area contributed by atoms with Crippen molar-refractivity contribution < 1.29 is 35.4 Å². The van der Waals surface area contributed by atoms with E-state index < -0.39 is 34.5 Å². The maximum Gasteiger partial charge on any atom is 0.309 e. The second-order valence-electron chi connectivity index (χ2n) is 3.09. The molecule has 1 aliphatic heterocycles. The standard InChI is InChI=1S/C6H11IO7/c7-5(1-8)3(10)2(9)4(11)6(12,13)14-5/h2-4,8-13H,1H2/t2-,3+,4-,5+/m1/s1. The molecule has 1 saturated heterocycles. The lowest BCUT2D eigenvalue weighted by Crippen LogP contribution is -2.68. The van der Waals surface area contributed by atoms with Gasteiger partial charge in [-0.15, -0.1) is 0 Å². The molecule has 0 spiro atoms. The first kappa shape index (κ1) is 12.5. The smallest absolute Gasteiger partial charge is 0.309 e. The van der Waals surface area contributed by atoms with Crippen LogP contribution in [0.4, 0.5) is 0 Å². The lowest BCUT2D eigenvalue weighted by atomic mass is 9.98. The van der Waals surface area contributed by atoms with Crippen molar-refractivity contribution in [3.05, 3.63) is 0 Å². The average molecular weight is 322 g/mol.